The standard InChI is InChI=1S/C16H24N2O5S/c1-3-11-23-14-5-4-9-17(10-8-14)15-7-6-13(18(19)20)12-16(15)24(2,21)22/h6-7,12,14H,3-5,8-11H2,1-2H3. The van der Waals surface area contributed by atoms with Crippen LogP contribution in [0.1, 0.15) is 32.6 Å². The number of nitrogens with zero attached hydrogens (tertiary/aromatic N) is 2. The van der Waals surface area contributed by atoms with Crippen LogP contribution in [0.4, 0.5) is 11.4 Å². The Bertz CT molecular complexity index is 690. The molecule has 1 fully saturated rings. The van der Waals surface area contributed by atoms with Gasteiger partial charge < -0.3 is 9.64 Å². The van der Waals surface area contributed by atoms with Crippen molar-refractivity contribution in [2.45, 2.75) is 43.6 Å². The second-order valence-corrected chi connectivity index (χ2v) is 8.08. The Morgan fingerprint density at radius 1 is 1.33 bits per heavy atom. The Morgan fingerprint density at radius 2 is 2.08 bits per heavy atom. The molecule has 1 heterocycles. The summed E-state index contributed by atoms with van der Waals surface area (Å²) in [5.74, 6) is 0. The van der Waals surface area contributed by atoms with Gasteiger partial charge in [0.2, 0.25) is 0 Å². The van der Waals surface area contributed by atoms with Crippen molar-refractivity contribution in [2.75, 3.05) is 30.9 Å². The van der Waals surface area contributed by atoms with E-state index in [4.69, 9.17) is 4.74 Å². The number of rotatable bonds is 6. The minimum atomic E-state index is -3.56. The molecule has 1 unspecified atom stereocenters. The normalized spacial score (nSPS) is 19.1. The van der Waals surface area contributed by atoms with Gasteiger partial charge in [-0.1, -0.05) is 6.92 Å². The van der Waals surface area contributed by atoms with Crippen molar-refractivity contribution in [3.63, 3.8) is 0 Å². The molecule has 1 aliphatic rings. The molecule has 0 saturated carbocycles. The van der Waals surface area contributed by atoms with Crippen LogP contribution in [0.15, 0.2) is 23.1 Å². The highest BCUT2D eigenvalue weighted by Crippen LogP contribution is 2.31. The fourth-order valence-corrected chi connectivity index (χ4v) is 3.84. The Balaban J connectivity index is 2.26. The lowest BCUT2D eigenvalue weighted by Gasteiger charge is -2.25. The van der Waals surface area contributed by atoms with Gasteiger partial charge in [-0.3, -0.25) is 10.1 Å². The molecule has 0 spiro atoms. The van der Waals surface area contributed by atoms with E-state index in [-0.39, 0.29) is 16.7 Å². The molecule has 0 aromatic heterocycles. The molecule has 7 nitrogen and oxygen atoms in total. The molecule has 0 bridgehead atoms. The molecular formula is C16H24N2O5S. The first-order valence-electron chi connectivity index (χ1n) is 8.18. The van der Waals surface area contributed by atoms with Crippen molar-refractivity contribution in [1.29, 1.82) is 0 Å². The van der Waals surface area contributed by atoms with Crippen LogP contribution in [0.25, 0.3) is 0 Å². The van der Waals surface area contributed by atoms with Crippen LogP contribution < -0.4 is 4.90 Å². The number of ether oxygens (including phenoxy) is 1. The molecule has 1 atom stereocenters. The largest absolute Gasteiger partial charge is 0.378 e. The minimum absolute atomic E-state index is 0.0182. The van der Waals surface area contributed by atoms with Gasteiger partial charge in [-0.15, -0.1) is 0 Å². The van der Waals surface area contributed by atoms with E-state index in [0.29, 0.717) is 18.8 Å². The number of sulfone groups is 1. The Labute approximate surface area is 142 Å². The molecule has 2 rings (SSSR count). The van der Waals surface area contributed by atoms with Gasteiger partial charge in [-0.2, -0.15) is 0 Å². The molecule has 8 heteroatoms. The maximum atomic E-state index is 12.1. The smallest absolute Gasteiger partial charge is 0.270 e. The van der Waals surface area contributed by atoms with Crippen LogP contribution in [-0.4, -0.2) is 45.4 Å². The molecule has 1 aromatic carbocycles. The van der Waals surface area contributed by atoms with E-state index in [2.05, 4.69) is 6.92 Å². The molecular weight excluding hydrogens is 332 g/mol. The van der Waals surface area contributed by atoms with E-state index in [1.807, 2.05) is 4.90 Å². The molecule has 0 N–H and O–H groups in total. The summed E-state index contributed by atoms with van der Waals surface area (Å²) in [6, 6.07) is 4.06. The zero-order valence-corrected chi connectivity index (χ0v) is 14.9. The monoisotopic (exact) mass is 356 g/mol. The highest BCUT2D eigenvalue weighted by atomic mass is 32.2. The van der Waals surface area contributed by atoms with Gasteiger partial charge in [0.1, 0.15) is 0 Å². The summed E-state index contributed by atoms with van der Waals surface area (Å²) < 4.78 is 30.0. The van der Waals surface area contributed by atoms with Gasteiger partial charge >= 0.3 is 0 Å². The second kappa shape index (κ2) is 7.94. The topological polar surface area (TPSA) is 89.8 Å². The van der Waals surface area contributed by atoms with Crippen molar-refractivity contribution < 1.29 is 18.1 Å². The summed E-state index contributed by atoms with van der Waals surface area (Å²) in [6.07, 6.45) is 4.91. The molecule has 24 heavy (non-hydrogen) atoms. The zero-order valence-electron chi connectivity index (χ0n) is 14.1. The number of benzene rings is 1. The maximum Gasteiger partial charge on any atom is 0.270 e. The van der Waals surface area contributed by atoms with Crippen molar-refractivity contribution in [3.8, 4) is 0 Å². The fourth-order valence-electron chi connectivity index (χ4n) is 2.93. The molecule has 0 aliphatic carbocycles. The van der Waals surface area contributed by atoms with E-state index in [1.54, 1.807) is 6.07 Å². The molecule has 0 amide bonds. The van der Waals surface area contributed by atoms with E-state index in [0.717, 1.165) is 44.6 Å². The van der Waals surface area contributed by atoms with E-state index >= 15 is 0 Å². The number of nitro benzene ring substituents is 1. The van der Waals surface area contributed by atoms with Crippen LogP contribution in [0.3, 0.4) is 0 Å². The van der Waals surface area contributed by atoms with Gasteiger partial charge in [0.25, 0.3) is 5.69 Å². The molecule has 1 aromatic rings. The summed E-state index contributed by atoms with van der Waals surface area (Å²) in [5, 5.41) is 10.9. The van der Waals surface area contributed by atoms with Gasteiger partial charge in [0.15, 0.2) is 9.84 Å². The average molecular weight is 356 g/mol. The lowest BCUT2D eigenvalue weighted by atomic mass is 10.1. The number of anilines is 1. The highest BCUT2D eigenvalue weighted by Gasteiger charge is 2.24. The van der Waals surface area contributed by atoms with Crippen LogP contribution in [0.5, 0.6) is 0 Å². The van der Waals surface area contributed by atoms with Crippen LogP contribution >= 0.6 is 0 Å². The van der Waals surface area contributed by atoms with Crippen molar-refractivity contribution in [1.82, 2.24) is 0 Å². The Kier molecular flexibility index (Phi) is 6.17. The third-order valence-electron chi connectivity index (χ3n) is 4.13. The number of nitro groups is 1. The summed E-state index contributed by atoms with van der Waals surface area (Å²) in [4.78, 5) is 12.4. The summed E-state index contributed by atoms with van der Waals surface area (Å²) in [6.45, 7) is 4.19. The maximum absolute atomic E-state index is 12.1. The lowest BCUT2D eigenvalue weighted by Crippen LogP contribution is -2.26. The summed E-state index contributed by atoms with van der Waals surface area (Å²) in [7, 11) is -3.56. The minimum Gasteiger partial charge on any atom is -0.378 e. The fraction of sp³-hybridized carbons (Fsp3) is 0.625. The first kappa shape index (κ1) is 18.7. The molecule has 1 aliphatic heterocycles. The third kappa shape index (κ3) is 4.67. The Hall–Kier alpha value is -1.67. The van der Waals surface area contributed by atoms with Gasteiger partial charge in [-0.05, 0) is 31.7 Å². The van der Waals surface area contributed by atoms with Crippen LogP contribution in [0, 0.1) is 10.1 Å². The van der Waals surface area contributed by atoms with Gasteiger partial charge in [0.05, 0.1) is 21.6 Å². The third-order valence-corrected chi connectivity index (χ3v) is 5.25. The molecule has 134 valence electrons. The zero-order chi connectivity index (χ0) is 17.7. The lowest BCUT2D eigenvalue weighted by molar-refractivity contribution is -0.385. The number of non-ortho nitro benzene ring substituents is 1. The molecule has 0 radical (unpaired) electrons. The summed E-state index contributed by atoms with van der Waals surface area (Å²) >= 11 is 0. The first-order valence-corrected chi connectivity index (χ1v) is 10.1. The SMILES string of the molecule is CCCOC1CCCN(c2ccc([N+](=O)[O-])cc2S(C)(=O)=O)CC1. The quantitative estimate of drug-likeness (QED) is 0.575. The molecule has 1 saturated heterocycles. The second-order valence-electron chi connectivity index (χ2n) is 6.09. The number of hydrogen-bond acceptors (Lipinski definition) is 6. The highest BCUT2D eigenvalue weighted by molar-refractivity contribution is 7.90. The van der Waals surface area contributed by atoms with Crippen molar-refractivity contribution in [2.24, 2.45) is 0 Å². The van der Waals surface area contributed by atoms with Crippen molar-refractivity contribution in [3.05, 3.63) is 28.3 Å². The first-order chi connectivity index (χ1) is 11.3. The summed E-state index contributed by atoms with van der Waals surface area (Å²) in [5.41, 5.74) is 0.331. The average Bonchev–Trinajstić information content (AvgIpc) is 2.77. The van der Waals surface area contributed by atoms with Gasteiger partial charge in [-0.25, -0.2) is 8.42 Å². The Morgan fingerprint density at radius 3 is 2.71 bits per heavy atom. The van der Waals surface area contributed by atoms with Crippen molar-refractivity contribution >= 4 is 21.2 Å². The van der Waals surface area contributed by atoms with E-state index in [9.17, 15) is 18.5 Å². The van der Waals surface area contributed by atoms with Crippen LogP contribution in [-0.2, 0) is 14.6 Å². The van der Waals surface area contributed by atoms with Gasteiger partial charge in [0, 0.05) is 38.1 Å². The number of hydrogen-bond donors (Lipinski definition) is 0. The predicted molar refractivity (Wildman–Crippen MR) is 92.3 cm³/mol. The van der Waals surface area contributed by atoms with E-state index in [1.165, 1.54) is 6.07 Å². The van der Waals surface area contributed by atoms with Crippen LogP contribution in [0.2, 0.25) is 0 Å². The predicted octanol–water partition coefficient (Wildman–Crippen LogP) is 2.78. The van der Waals surface area contributed by atoms with E-state index < -0.39 is 14.8 Å².